The van der Waals surface area contributed by atoms with E-state index in [0.29, 0.717) is 31.9 Å². The van der Waals surface area contributed by atoms with Gasteiger partial charge in [0, 0.05) is 43.0 Å². The number of methoxy groups -OCH3 is 1. The number of piperazine rings is 1. The molecule has 0 radical (unpaired) electrons. The zero-order chi connectivity index (χ0) is 18.1. The fraction of sp³-hybridized carbons (Fsp3) is 0.500. The van der Waals surface area contributed by atoms with E-state index in [1.165, 1.54) is 12.8 Å². The van der Waals surface area contributed by atoms with Gasteiger partial charge in [-0.05, 0) is 37.1 Å². The second kappa shape index (κ2) is 7.02. The third kappa shape index (κ3) is 3.16. The molecular weight excluding hydrogens is 330 g/mol. The van der Waals surface area contributed by atoms with Crippen LogP contribution in [-0.2, 0) is 4.79 Å². The number of rotatable bonds is 3. The standard InChI is InChI=1S/C20H25N3O3/c1-26-16-6-7-17-15(12-16)13-18(21-17)20(25)23-10-8-22(9-11-23)19(24)14-4-2-3-5-14/h6-7,12-14,21H,2-5,8-11H2,1H3. The van der Waals surface area contributed by atoms with Crippen molar-refractivity contribution >= 4 is 22.7 Å². The number of nitrogens with zero attached hydrogens (tertiary/aromatic N) is 2. The molecule has 1 aliphatic carbocycles. The average Bonchev–Trinajstić information content (AvgIpc) is 3.36. The summed E-state index contributed by atoms with van der Waals surface area (Å²) in [5.74, 6) is 1.26. The lowest BCUT2D eigenvalue weighted by molar-refractivity contribution is -0.136. The van der Waals surface area contributed by atoms with E-state index in [1.54, 1.807) is 7.11 Å². The quantitative estimate of drug-likeness (QED) is 0.920. The summed E-state index contributed by atoms with van der Waals surface area (Å²) in [7, 11) is 1.63. The Bertz CT molecular complexity index is 815. The second-order valence-electron chi connectivity index (χ2n) is 7.24. The number of benzene rings is 1. The summed E-state index contributed by atoms with van der Waals surface area (Å²) >= 11 is 0. The van der Waals surface area contributed by atoms with Crippen LogP contribution in [-0.4, -0.2) is 59.9 Å². The van der Waals surface area contributed by atoms with Gasteiger partial charge in [-0.3, -0.25) is 9.59 Å². The molecule has 26 heavy (non-hydrogen) atoms. The Morgan fingerprint density at radius 1 is 1.04 bits per heavy atom. The monoisotopic (exact) mass is 355 g/mol. The zero-order valence-corrected chi connectivity index (χ0v) is 15.2. The van der Waals surface area contributed by atoms with E-state index >= 15 is 0 Å². The molecule has 138 valence electrons. The van der Waals surface area contributed by atoms with Gasteiger partial charge in [-0.2, -0.15) is 0 Å². The second-order valence-corrected chi connectivity index (χ2v) is 7.24. The molecule has 1 saturated heterocycles. The van der Waals surface area contributed by atoms with Crippen LogP contribution in [0.15, 0.2) is 24.3 Å². The van der Waals surface area contributed by atoms with Crippen LogP contribution in [0.4, 0.5) is 0 Å². The average molecular weight is 355 g/mol. The van der Waals surface area contributed by atoms with Crippen LogP contribution in [0.5, 0.6) is 5.75 Å². The molecule has 2 aliphatic rings. The minimum absolute atomic E-state index is 0.00636. The van der Waals surface area contributed by atoms with Gasteiger partial charge in [0.05, 0.1) is 7.11 Å². The highest BCUT2D eigenvalue weighted by atomic mass is 16.5. The predicted octanol–water partition coefficient (Wildman–Crippen LogP) is 2.65. The van der Waals surface area contributed by atoms with Crippen molar-refractivity contribution in [3.05, 3.63) is 30.0 Å². The first-order chi connectivity index (χ1) is 12.7. The smallest absolute Gasteiger partial charge is 0.270 e. The van der Waals surface area contributed by atoms with E-state index in [4.69, 9.17) is 4.74 Å². The summed E-state index contributed by atoms with van der Waals surface area (Å²) in [6.45, 7) is 2.45. The van der Waals surface area contributed by atoms with Crippen molar-refractivity contribution in [2.75, 3.05) is 33.3 Å². The summed E-state index contributed by atoms with van der Waals surface area (Å²) in [4.78, 5) is 32.3. The molecule has 6 nitrogen and oxygen atoms in total. The Kier molecular flexibility index (Phi) is 4.57. The number of ether oxygens (including phenoxy) is 1. The van der Waals surface area contributed by atoms with Crippen LogP contribution in [0.3, 0.4) is 0 Å². The lowest BCUT2D eigenvalue weighted by Crippen LogP contribution is -2.51. The van der Waals surface area contributed by atoms with Crippen LogP contribution in [0.2, 0.25) is 0 Å². The van der Waals surface area contributed by atoms with Crippen molar-refractivity contribution in [2.45, 2.75) is 25.7 Å². The summed E-state index contributed by atoms with van der Waals surface area (Å²) in [6.07, 6.45) is 4.38. The normalized spacial score (nSPS) is 18.5. The highest BCUT2D eigenvalue weighted by Crippen LogP contribution is 2.27. The molecule has 1 aromatic heterocycles. The molecule has 2 amide bonds. The molecule has 0 atom stereocenters. The van der Waals surface area contributed by atoms with E-state index in [-0.39, 0.29) is 17.7 Å². The molecule has 4 rings (SSSR count). The van der Waals surface area contributed by atoms with E-state index in [1.807, 2.05) is 34.1 Å². The van der Waals surface area contributed by atoms with Gasteiger partial charge in [0.2, 0.25) is 5.91 Å². The number of H-pyrrole nitrogens is 1. The van der Waals surface area contributed by atoms with Crippen molar-refractivity contribution < 1.29 is 14.3 Å². The Balaban J connectivity index is 1.41. The van der Waals surface area contributed by atoms with Crippen molar-refractivity contribution in [1.29, 1.82) is 0 Å². The minimum atomic E-state index is -0.00636. The molecule has 1 N–H and O–H groups in total. The molecule has 2 heterocycles. The Labute approximate surface area is 153 Å². The van der Waals surface area contributed by atoms with Gasteiger partial charge in [-0.1, -0.05) is 12.8 Å². The largest absolute Gasteiger partial charge is 0.497 e. The van der Waals surface area contributed by atoms with Gasteiger partial charge in [-0.15, -0.1) is 0 Å². The first-order valence-corrected chi connectivity index (χ1v) is 9.40. The maximum atomic E-state index is 12.8. The molecule has 1 aromatic carbocycles. The van der Waals surface area contributed by atoms with Crippen LogP contribution >= 0.6 is 0 Å². The summed E-state index contributed by atoms with van der Waals surface area (Å²) in [6, 6.07) is 7.58. The maximum Gasteiger partial charge on any atom is 0.270 e. The number of aromatic amines is 1. The van der Waals surface area contributed by atoms with Gasteiger partial charge >= 0.3 is 0 Å². The number of aromatic nitrogens is 1. The lowest BCUT2D eigenvalue weighted by atomic mass is 10.1. The molecule has 0 unspecified atom stereocenters. The summed E-state index contributed by atoms with van der Waals surface area (Å²) in [5, 5.41) is 0.961. The fourth-order valence-corrected chi connectivity index (χ4v) is 4.08. The van der Waals surface area contributed by atoms with E-state index in [0.717, 1.165) is 29.5 Å². The highest BCUT2D eigenvalue weighted by molar-refractivity contribution is 5.98. The molecule has 1 saturated carbocycles. The van der Waals surface area contributed by atoms with Gasteiger partial charge in [-0.25, -0.2) is 0 Å². The van der Waals surface area contributed by atoms with Gasteiger partial charge < -0.3 is 19.5 Å². The number of hydrogen-bond acceptors (Lipinski definition) is 3. The summed E-state index contributed by atoms with van der Waals surface area (Å²) < 4.78 is 5.24. The van der Waals surface area contributed by atoms with Crippen LogP contribution in [0, 0.1) is 5.92 Å². The fourth-order valence-electron chi connectivity index (χ4n) is 4.08. The van der Waals surface area contributed by atoms with E-state index in [2.05, 4.69) is 4.98 Å². The summed E-state index contributed by atoms with van der Waals surface area (Å²) in [5.41, 5.74) is 1.51. The number of nitrogens with one attached hydrogen (secondary N) is 1. The minimum Gasteiger partial charge on any atom is -0.497 e. The van der Waals surface area contributed by atoms with Crippen LogP contribution < -0.4 is 4.74 Å². The van der Waals surface area contributed by atoms with Crippen LogP contribution in [0.1, 0.15) is 36.2 Å². The number of amides is 2. The SMILES string of the molecule is COc1ccc2[nH]c(C(=O)N3CCN(C(=O)C4CCCC4)CC3)cc2c1. The van der Waals surface area contributed by atoms with E-state index < -0.39 is 0 Å². The first kappa shape index (κ1) is 16.9. The van der Waals surface area contributed by atoms with Gasteiger partial charge in [0.25, 0.3) is 5.91 Å². The first-order valence-electron chi connectivity index (χ1n) is 9.40. The molecule has 0 spiro atoms. The maximum absolute atomic E-state index is 12.8. The zero-order valence-electron chi connectivity index (χ0n) is 15.2. The molecule has 1 aliphatic heterocycles. The Hall–Kier alpha value is -2.50. The number of hydrogen-bond donors (Lipinski definition) is 1. The molecular formula is C20H25N3O3. The third-order valence-corrected chi connectivity index (χ3v) is 5.64. The van der Waals surface area contributed by atoms with Crippen molar-refractivity contribution in [3.63, 3.8) is 0 Å². The van der Waals surface area contributed by atoms with Crippen LogP contribution in [0.25, 0.3) is 10.9 Å². The number of carbonyl (C=O) groups excluding carboxylic acids is 2. The Morgan fingerprint density at radius 3 is 2.42 bits per heavy atom. The Morgan fingerprint density at radius 2 is 1.73 bits per heavy atom. The predicted molar refractivity (Wildman–Crippen MR) is 99.3 cm³/mol. The molecule has 6 heteroatoms. The van der Waals surface area contributed by atoms with Crippen molar-refractivity contribution in [2.24, 2.45) is 5.92 Å². The molecule has 0 bridgehead atoms. The van der Waals surface area contributed by atoms with Gasteiger partial charge in [0.15, 0.2) is 0 Å². The van der Waals surface area contributed by atoms with Gasteiger partial charge in [0.1, 0.15) is 11.4 Å². The lowest BCUT2D eigenvalue weighted by Gasteiger charge is -2.35. The third-order valence-electron chi connectivity index (χ3n) is 5.64. The molecule has 2 fully saturated rings. The van der Waals surface area contributed by atoms with Crippen molar-refractivity contribution in [3.8, 4) is 5.75 Å². The number of carbonyl (C=O) groups is 2. The van der Waals surface area contributed by atoms with E-state index in [9.17, 15) is 9.59 Å². The molecule has 2 aromatic rings. The number of fused-ring (bicyclic) bond motifs is 1. The highest BCUT2D eigenvalue weighted by Gasteiger charge is 2.31. The topological polar surface area (TPSA) is 65.6 Å². The van der Waals surface area contributed by atoms with Crippen molar-refractivity contribution in [1.82, 2.24) is 14.8 Å².